The average Bonchev–Trinajstić information content (AvgIpc) is 3.05. The fraction of sp³-hybridized carbons (Fsp3) is 0.821. The average molecular weight is 428 g/mol. The predicted molar refractivity (Wildman–Crippen MR) is 123 cm³/mol. The van der Waals surface area contributed by atoms with E-state index < -0.39 is 18.0 Å². The number of allylic oxidation sites excluding steroid dienone is 4. The largest absolute Gasteiger partial charge is 0.550 e. The van der Waals surface area contributed by atoms with Gasteiger partial charge in [-0.15, -0.1) is 0 Å². The molecule has 0 spiro atoms. The molecular weight excluding hydrogens is 384 g/mol. The lowest BCUT2D eigenvalue weighted by atomic mass is 9.48. The summed E-state index contributed by atoms with van der Waals surface area (Å²) in [4.78, 5) is 11.9. The Hall–Kier alpha value is -1.09. The van der Waals surface area contributed by atoms with Crippen molar-refractivity contribution in [3.63, 3.8) is 0 Å². The Labute approximate surface area is 189 Å². The molecule has 4 aliphatic rings. The SMILES string of the molecule is CC(C)=CCC[C@@H](C)[C@H]1CC[C@H]2C3=C(CC[C@]12C)[C@@]1(C)CC[C@H](O)[C@@H](C(=O)[O-])[C@@H]1CC3. The molecule has 0 aliphatic heterocycles. The Kier molecular flexibility index (Phi) is 6.22. The maximum atomic E-state index is 11.9. The zero-order valence-corrected chi connectivity index (χ0v) is 20.4. The number of hydrogen-bond donors (Lipinski definition) is 1. The number of carboxylic acids is 1. The van der Waals surface area contributed by atoms with Gasteiger partial charge in [0.05, 0.1) is 6.10 Å². The van der Waals surface area contributed by atoms with Crippen LogP contribution in [0.5, 0.6) is 0 Å². The van der Waals surface area contributed by atoms with Crippen LogP contribution in [-0.2, 0) is 4.79 Å². The summed E-state index contributed by atoms with van der Waals surface area (Å²) in [5.41, 5.74) is 5.04. The van der Waals surface area contributed by atoms with Crippen molar-refractivity contribution in [2.75, 3.05) is 0 Å². The van der Waals surface area contributed by atoms with E-state index >= 15 is 0 Å². The van der Waals surface area contributed by atoms with E-state index in [0.717, 1.165) is 37.5 Å². The summed E-state index contributed by atoms with van der Waals surface area (Å²) in [5.74, 6) is 0.522. The summed E-state index contributed by atoms with van der Waals surface area (Å²) in [7, 11) is 0. The van der Waals surface area contributed by atoms with Gasteiger partial charge in [-0.25, -0.2) is 0 Å². The van der Waals surface area contributed by atoms with Crippen LogP contribution in [0.25, 0.3) is 0 Å². The van der Waals surface area contributed by atoms with Crippen LogP contribution >= 0.6 is 0 Å². The molecule has 2 saturated carbocycles. The van der Waals surface area contributed by atoms with Gasteiger partial charge in [-0.05, 0) is 113 Å². The molecule has 174 valence electrons. The minimum atomic E-state index is -1.04. The molecule has 4 rings (SSSR count). The van der Waals surface area contributed by atoms with Gasteiger partial charge in [-0.1, -0.05) is 43.6 Å². The topological polar surface area (TPSA) is 60.4 Å². The van der Waals surface area contributed by atoms with Gasteiger partial charge in [-0.3, -0.25) is 0 Å². The third-order valence-corrected chi connectivity index (χ3v) is 10.3. The van der Waals surface area contributed by atoms with Crippen molar-refractivity contribution < 1.29 is 15.0 Å². The lowest BCUT2D eigenvalue weighted by molar-refractivity contribution is -0.319. The Balaban J connectivity index is 1.59. The molecule has 31 heavy (non-hydrogen) atoms. The van der Waals surface area contributed by atoms with Crippen molar-refractivity contribution in [1.29, 1.82) is 0 Å². The molecule has 1 N–H and O–H groups in total. The van der Waals surface area contributed by atoms with Crippen LogP contribution in [0.2, 0.25) is 0 Å². The molecule has 0 aromatic rings. The van der Waals surface area contributed by atoms with Gasteiger partial charge < -0.3 is 15.0 Å². The second kappa shape index (κ2) is 8.36. The van der Waals surface area contributed by atoms with E-state index in [0.29, 0.717) is 17.8 Å². The van der Waals surface area contributed by atoms with Crippen molar-refractivity contribution in [3.8, 4) is 0 Å². The van der Waals surface area contributed by atoms with Crippen LogP contribution in [0.1, 0.15) is 98.8 Å². The van der Waals surface area contributed by atoms with E-state index in [2.05, 4.69) is 40.7 Å². The molecule has 0 aromatic heterocycles. The second-order valence-electron chi connectivity index (χ2n) is 12.1. The van der Waals surface area contributed by atoms with Gasteiger partial charge in [0.2, 0.25) is 0 Å². The summed E-state index contributed by atoms with van der Waals surface area (Å²) in [6, 6.07) is 0. The van der Waals surface area contributed by atoms with Crippen molar-refractivity contribution >= 4 is 5.97 Å². The van der Waals surface area contributed by atoms with Gasteiger partial charge in [0.25, 0.3) is 0 Å². The maximum Gasteiger partial charge on any atom is 0.0623 e. The predicted octanol–water partition coefficient (Wildman–Crippen LogP) is 5.43. The molecule has 0 heterocycles. The van der Waals surface area contributed by atoms with Gasteiger partial charge in [0, 0.05) is 11.9 Å². The van der Waals surface area contributed by atoms with Crippen LogP contribution < -0.4 is 5.11 Å². The number of aliphatic carboxylic acids is 1. The summed E-state index contributed by atoms with van der Waals surface area (Å²) >= 11 is 0. The minimum absolute atomic E-state index is 0.0320. The summed E-state index contributed by atoms with van der Waals surface area (Å²) in [6.45, 7) is 11.7. The molecule has 0 aromatic carbocycles. The molecule has 3 nitrogen and oxygen atoms in total. The Morgan fingerprint density at radius 3 is 2.58 bits per heavy atom. The highest BCUT2D eigenvalue weighted by Gasteiger charge is 2.57. The number of hydrogen-bond acceptors (Lipinski definition) is 3. The van der Waals surface area contributed by atoms with Gasteiger partial charge in [0.1, 0.15) is 0 Å². The van der Waals surface area contributed by atoms with Crippen LogP contribution in [0.15, 0.2) is 22.8 Å². The van der Waals surface area contributed by atoms with Crippen molar-refractivity contribution in [3.05, 3.63) is 22.8 Å². The quantitative estimate of drug-likeness (QED) is 0.595. The molecule has 2 fully saturated rings. The first kappa shape index (κ1) is 23.1. The molecule has 0 radical (unpaired) electrons. The maximum absolute atomic E-state index is 11.9. The highest BCUT2D eigenvalue weighted by Crippen LogP contribution is 2.66. The third-order valence-electron chi connectivity index (χ3n) is 10.3. The van der Waals surface area contributed by atoms with E-state index in [4.69, 9.17) is 0 Å². The number of rotatable bonds is 5. The number of fused-ring (bicyclic) bond motifs is 4. The van der Waals surface area contributed by atoms with E-state index in [-0.39, 0.29) is 11.3 Å². The monoisotopic (exact) mass is 427 g/mol. The Morgan fingerprint density at radius 1 is 1.16 bits per heavy atom. The molecule has 0 saturated heterocycles. The van der Waals surface area contributed by atoms with Crippen LogP contribution in [0, 0.1) is 40.4 Å². The standard InChI is InChI=1S/C28H44O3/c1-17(2)7-6-8-18(3)20-11-12-21-19-9-10-23-25(26(30)31)24(29)14-16-28(23,5)22(19)13-15-27(20,21)4/h7,18,20-21,23-25,29H,6,8-16H2,1-5H3,(H,30,31)/p-1/t18-,20-,21+,23+,24+,25+,27-,28-/m1/s1. The zero-order chi connectivity index (χ0) is 22.6. The van der Waals surface area contributed by atoms with E-state index in [1.165, 1.54) is 37.7 Å². The molecule has 0 bridgehead atoms. The highest BCUT2D eigenvalue weighted by atomic mass is 16.4. The van der Waals surface area contributed by atoms with Crippen molar-refractivity contribution in [2.24, 2.45) is 40.4 Å². The number of carbonyl (C=O) groups excluding carboxylic acids is 1. The molecule has 4 aliphatic carbocycles. The Morgan fingerprint density at radius 2 is 1.90 bits per heavy atom. The van der Waals surface area contributed by atoms with Gasteiger partial charge in [0.15, 0.2) is 0 Å². The first-order valence-corrected chi connectivity index (χ1v) is 12.8. The second-order valence-corrected chi connectivity index (χ2v) is 12.1. The molecule has 8 atom stereocenters. The fourth-order valence-electron chi connectivity index (χ4n) is 8.69. The first-order chi connectivity index (χ1) is 14.6. The van der Waals surface area contributed by atoms with E-state index in [1.807, 2.05) is 0 Å². The van der Waals surface area contributed by atoms with Gasteiger partial charge in [-0.2, -0.15) is 0 Å². The highest BCUT2D eigenvalue weighted by molar-refractivity contribution is 5.69. The fourth-order valence-corrected chi connectivity index (χ4v) is 8.69. The van der Waals surface area contributed by atoms with Crippen LogP contribution in [0.4, 0.5) is 0 Å². The summed E-state index contributed by atoms with van der Waals surface area (Å²) in [5, 5.41) is 22.4. The lowest BCUT2D eigenvalue weighted by Crippen LogP contribution is -2.54. The van der Waals surface area contributed by atoms with Crippen molar-refractivity contribution in [1.82, 2.24) is 0 Å². The number of aliphatic hydroxyl groups is 1. The molecular formula is C28H43O3-. The Bertz CT molecular complexity index is 775. The van der Waals surface area contributed by atoms with Crippen LogP contribution in [0.3, 0.4) is 0 Å². The zero-order valence-electron chi connectivity index (χ0n) is 20.4. The van der Waals surface area contributed by atoms with Crippen LogP contribution in [-0.4, -0.2) is 17.2 Å². The molecule has 0 amide bonds. The number of carbonyl (C=O) groups is 1. The van der Waals surface area contributed by atoms with E-state index in [1.54, 1.807) is 11.1 Å². The van der Waals surface area contributed by atoms with Gasteiger partial charge >= 0.3 is 0 Å². The normalized spacial score (nSPS) is 43.0. The minimum Gasteiger partial charge on any atom is -0.550 e. The van der Waals surface area contributed by atoms with E-state index in [9.17, 15) is 15.0 Å². The third kappa shape index (κ3) is 3.73. The molecule has 0 unspecified atom stereocenters. The number of carboxylic acid groups (broad SMARTS) is 1. The smallest absolute Gasteiger partial charge is 0.0623 e. The lowest BCUT2D eigenvalue weighted by Gasteiger charge is -2.57. The summed E-state index contributed by atoms with van der Waals surface area (Å²) < 4.78 is 0. The number of aliphatic hydroxyl groups excluding tert-OH is 1. The van der Waals surface area contributed by atoms with Crippen molar-refractivity contribution in [2.45, 2.75) is 105 Å². The first-order valence-electron chi connectivity index (χ1n) is 12.8. The summed E-state index contributed by atoms with van der Waals surface area (Å²) in [6.07, 6.45) is 12.6. The molecule has 3 heteroatoms.